The van der Waals surface area contributed by atoms with Crippen molar-refractivity contribution in [2.24, 2.45) is 5.41 Å². The second-order valence-corrected chi connectivity index (χ2v) is 6.86. The van der Waals surface area contributed by atoms with E-state index < -0.39 is 11.5 Å². The summed E-state index contributed by atoms with van der Waals surface area (Å²) in [4.78, 5) is 26.2. The minimum atomic E-state index is -0.550. The van der Waals surface area contributed by atoms with Gasteiger partial charge in [-0.2, -0.15) is 0 Å². The number of amides is 2. The molecule has 4 nitrogen and oxygen atoms in total. The van der Waals surface area contributed by atoms with E-state index in [4.69, 9.17) is 11.6 Å². The van der Waals surface area contributed by atoms with E-state index in [0.717, 1.165) is 5.56 Å². The second-order valence-electron chi connectivity index (χ2n) is 6.43. The number of benzene rings is 1. The Morgan fingerprint density at radius 2 is 1.95 bits per heavy atom. The highest BCUT2D eigenvalue weighted by molar-refractivity contribution is 6.30. The molecule has 2 amide bonds. The van der Waals surface area contributed by atoms with Crippen LogP contribution in [0.4, 0.5) is 0 Å². The van der Waals surface area contributed by atoms with Gasteiger partial charge in [-0.15, -0.1) is 0 Å². The van der Waals surface area contributed by atoms with Gasteiger partial charge < -0.3 is 10.2 Å². The minimum absolute atomic E-state index is 0.0972. The van der Waals surface area contributed by atoms with Crippen molar-refractivity contribution in [3.05, 3.63) is 34.9 Å². The third-order valence-electron chi connectivity index (χ3n) is 3.36. The first-order valence-electron chi connectivity index (χ1n) is 7.49. The summed E-state index contributed by atoms with van der Waals surface area (Å²) in [6.45, 7) is 10.1. The molecule has 1 aromatic carbocycles. The van der Waals surface area contributed by atoms with Crippen LogP contribution in [0, 0.1) is 5.41 Å². The molecule has 1 aromatic rings. The highest BCUT2D eigenvalue weighted by atomic mass is 35.5. The normalized spacial score (nSPS) is 12.6. The quantitative estimate of drug-likeness (QED) is 0.904. The fourth-order valence-corrected chi connectivity index (χ4v) is 2.16. The van der Waals surface area contributed by atoms with Gasteiger partial charge in [0.25, 0.3) is 0 Å². The van der Waals surface area contributed by atoms with Gasteiger partial charge in [0.2, 0.25) is 11.8 Å². The molecule has 0 saturated heterocycles. The molecule has 1 unspecified atom stereocenters. The molecule has 122 valence electrons. The SMILES string of the molecule is CCN(Cc1cccc(Cl)c1)C(=O)C(C)NC(=O)C(C)(C)C. The average molecular weight is 325 g/mol. The Hall–Kier alpha value is -1.55. The number of rotatable bonds is 5. The van der Waals surface area contributed by atoms with Gasteiger partial charge in [-0.05, 0) is 31.5 Å². The summed E-state index contributed by atoms with van der Waals surface area (Å²) < 4.78 is 0. The predicted octanol–water partition coefficient (Wildman–Crippen LogP) is 3.24. The maximum absolute atomic E-state index is 12.5. The van der Waals surface area contributed by atoms with Crippen molar-refractivity contribution in [3.63, 3.8) is 0 Å². The smallest absolute Gasteiger partial charge is 0.245 e. The van der Waals surface area contributed by atoms with Crippen molar-refractivity contribution in [3.8, 4) is 0 Å². The lowest BCUT2D eigenvalue weighted by molar-refractivity contribution is -0.138. The van der Waals surface area contributed by atoms with Gasteiger partial charge in [0.1, 0.15) is 6.04 Å². The Bertz CT molecular complexity index is 538. The molecule has 0 aliphatic heterocycles. The van der Waals surface area contributed by atoms with Gasteiger partial charge in [-0.1, -0.05) is 44.5 Å². The summed E-state index contributed by atoms with van der Waals surface area (Å²) in [5, 5.41) is 3.42. The van der Waals surface area contributed by atoms with Gasteiger partial charge in [0, 0.05) is 23.5 Å². The summed E-state index contributed by atoms with van der Waals surface area (Å²) >= 11 is 5.97. The van der Waals surface area contributed by atoms with E-state index >= 15 is 0 Å². The number of likely N-dealkylation sites (N-methyl/N-ethyl adjacent to an activating group) is 1. The van der Waals surface area contributed by atoms with Crippen LogP contribution >= 0.6 is 11.6 Å². The average Bonchev–Trinajstić information content (AvgIpc) is 2.43. The molecule has 0 aliphatic rings. The lowest BCUT2D eigenvalue weighted by atomic mass is 9.95. The summed E-state index contributed by atoms with van der Waals surface area (Å²) in [6.07, 6.45) is 0. The van der Waals surface area contributed by atoms with E-state index in [1.54, 1.807) is 17.9 Å². The van der Waals surface area contributed by atoms with Crippen molar-refractivity contribution in [2.75, 3.05) is 6.54 Å². The third-order valence-corrected chi connectivity index (χ3v) is 3.59. The van der Waals surface area contributed by atoms with Crippen LogP contribution in [0.2, 0.25) is 5.02 Å². The van der Waals surface area contributed by atoms with E-state index in [0.29, 0.717) is 18.1 Å². The molecule has 0 bridgehead atoms. The first-order valence-corrected chi connectivity index (χ1v) is 7.87. The van der Waals surface area contributed by atoms with E-state index in [2.05, 4.69) is 5.32 Å². The van der Waals surface area contributed by atoms with Gasteiger partial charge >= 0.3 is 0 Å². The van der Waals surface area contributed by atoms with Crippen LogP contribution in [0.15, 0.2) is 24.3 Å². The Morgan fingerprint density at radius 3 is 2.45 bits per heavy atom. The topological polar surface area (TPSA) is 49.4 Å². The van der Waals surface area contributed by atoms with Crippen molar-refractivity contribution >= 4 is 23.4 Å². The maximum Gasteiger partial charge on any atom is 0.245 e. The van der Waals surface area contributed by atoms with Gasteiger partial charge in [0.05, 0.1) is 0 Å². The summed E-state index contributed by atoms with van der Waals surface area (Å²) in [5.41, 5.74) is 0.454. The van der Waals surface area contributed by atoms with Crippen molar-refractivity contribution in [1.29, 1.82) is 0 Å². The number of carbonyl (C=O) groups is 2. The Kier molecular flexibility index (Phi) is 6.42. The lowest BCUT2D eigenvalue weighted by Crippen LogP contribution is -2.49. The Balaban J connectivity index is 2.73. The van der Waals surface area contributed by atoms with Crippen molar-refractivity contribution in [2.45, 2.75) is 47.2 Å². The number of carbonyl (C=O) groups excluding carboxylic acids is 2. The largest absolute Gasteiger partial charge is 0.344 e. The molecule has 1 N–H and O–H groups in total. The number of nitrogens with one attached hydrogen (secondary N) is 1. The van der Waals surface area contributed by atoms with E-state index in [1.165, 1.54) is 0 Å². The third kappa shape index (κ3) is 5.34. The number of halogens is 1. The van der Waals surface area contributed by atoms with Crippen LogP contribution in [-0.4, -0.2) is 29.3 Å². The number of nitrogens with zero attached hydrogens (tertiary/aromatic N) is 1. The number of hydrogen-bond donors (Lipinski definition) is 1. The fraction of sp³-hybridized carbons (Fsp3) is 0.529. The monoisotopic (exact) mass is 324 g/mol. The molecular weight excluding hydrogens is 300 g/mol. The predicted molar refractivity (Wildman–Crippen MR) is 89.6 cm³/mol. The van der Waals surface area contributed by atoms with Gasteiger partial charge in [0.15, 0.2) is 0 Å². The van der Waals surface area contributed by atoms with E-state index in [-0.39, 0.29) is 11.8 Å². The lowest BCUT2D eigenvalue weighted by Gasteiger charge is -2.27. The van der Waals surface area contributed by atoms with Crippen molar-refractivity contribution < 1.29 is 9.59 Å². The Labute approximate surface area is 137 Å². The molecule has 0 aliphatic carbocycles. The molecule has 0 aromatic heterocycles. The first kappa shape index (κ1) is 18.5. The summed E-state index contributed by atoms with van der Waals surface area (Å²) in [5.74, 6) is -0.229. The standard InChI is InChI=1S/C17H25ClN2O2/c1-6-20(11-13-8-7-9-14(18)10-13)15(21)12(2)19-16(22)17(3,4)5/h7-10,12H,6,11H2,1-5H3,(H,19,22). The zero-order valence-corrected chi connectivity index (χ0v) is 14.7. The fourth-order valence-electron chi connectivity index (χ4n) is 1.95. The van der Waals surface area contributed by atoms with E-state index in [1.807, 2.05) is 45.9 Å². The zero-order valence-electron chi connectivity index (χ0n) is 13.9. The molecule has 0 saturated carbocycles. The van der Waals surface area contributed by atoms with Gasteiger partial charge in [-0.3, -0.25) is 9.59 Å². The molecule has 0 fully saturated rings. The molecular formula is C17H25ClN2O2. The molecule has 0 spiro atoms. The first-order chi connectivity index (χ1) is 10.1. The second kappa shape index (κ2) is 7.63. The molecule has 5 heteroatoms. The molecule has 0 radical (unpaired) electrons. The van der Waals surface area contributed by atoms with Crippen LogP contribution in [0.3, 0.4) is 0 Å². The van der Waals surface area contributed by atoms with Crippen LogP contribution in [0.25, 0.3) is 0 Å². The zero-order chi connectivity index (χ0) is 16.9. The van der Waals surface area contributed by atoms with Crippen LogP contribution in [-0.2, 0) is 16.1 Å². The number of hydrogen-bond acceptors (Lipinski definition) is 2. The molecule has 22 heavy (non-hydrogen) atoms. The van der Waals surface area contributed by atoms with Crippen LogP contribution in [0.5, 0.6) is 0 Å². The molecule has 1 rings (SSSR count). The minimum Gasteiger partial charge on any atom is -0.344 e. The van der Waals surface area contributed by atoms with Crippen LogP contribution in [0.1, 0.15) is 40.2 Å². The summed E-state index contributed by atoms with van der Waals surface area (Å²) in [6, 6.07) is 6.89. The van der Waals surface area contributed by atoms with E-state index in [9.17, 15) is 9.59 Å². The highest BCUT2D eigenvalue weighted by Crippen LogP contribution is 2.15. The molecule has 0 heterocycles. The van der Waals surface area contributed by atoms with Crippen molar-refractivity contribution in [1.82, 2.24) is 10.2 Å². The maximum atomic E-state index is 12.5. The summed E-state index contributed by atoms with van der Waals surface area (Å²) in [7, 11) is 0. The Morgan fingerprint density at radius 1 is 1.32 bits per heavy atom. The molecule has 1 atom stereocenters. The van der Waals surface area contributed by atoms with Gasteiger partial charge in [-0.25, -0.2) is 0 Å². The van der Waals surface area contributed by atoms with Crippen LogP contribution < -0.4 is 5.32 Å². The highest BCUT2D eigenvalue weighted by Gasteiger charge is 2.27.